The average Bonchev–Trinajstić information content (AvgIpc) is 2.79. The standard InChI is InChI=1S/C20H25BN2O3/c1-14(24)23-13-17(21-25-19(2,3)20(4,5)26-21)12-15-8-9-18-16(11-15)7-6-10-22-18/h6-12H,13H2,1-5H3,(H,23,24). The van der Waals surface area contributed by atoms with E-state index in [1.165, 1.54) is 6.92 Å². The fourth-order valence-electron chi connectivity index (χ4n) is 2.82. The summed E-state index contributed by atoms with van der Waals surface area (Å²) in [7, 11) is -0.503. The molecule has 5 nitrogen and oxygen atoms in total. The van der Waals surface area contributed by atoms with Crippen LogP contribution >= 0.6 is 0 Å². The molecule has 6 heteroatoms. The molecular formula is C20H25BN2O3. The molecule has 1 aliphatic heterocycles. The highest BCUT2D eigenvalue weighted by atomic mass is 16.7. The summed E-state index contributed by atoms with van der Waals surface area (Å²) in [6.07, 6.45) is 3.80. The number of aromatic nitrogens is 1. The quantitative estimate of drug-likeness (QED) is 0.857. The molecule has 0 atom stereocenters. The second-order valence-corrected chi connectivity index (χ2v) is 7.67. The zero-order valence-corrected chi connectivity index (χ0v) is 16.0. The van der Waals surface area contributed by atoms with Crippen molar-refractivity contribution in [2.75, 3.05) is 6.54 Å². The molecule has 1 amide bonds. The van der Waals surface area contributed by atoms with E-state index in [4.69, 9.17) is 9.31 Å². The summed E-state index contributed by atoms with van der Waals surface area (Å²) in [4.78, 5) is 15.8. The number of carbonyl (C=O) groups excluding carboxylic acids is 1. The molecule has 136 valence electrons. The summed E-state index contributed by atoms with van der Waals surface area (Å²) in [6, 6.07) is 10.0. The number of amides is 1. The van der Waals surface area contributed by atoms with Crippen molar-refractivity contribution in [2.45, 2.75) is 45.8 Å². The first kappa shape index (κ1) is 18.6. The van der Waals surface area contributed by atoms with Gasteiger partial charge in [0.25, 0.3) is 0 Å². The Morgan fingerprint density at radius 1 is 1.19 bits per heavy atom. The lowest BCUT2D eigenvalue weighted by Gasteiger charge is -2.32. The van der Waals surface area contributed by atoms with Crippen molar-refractivity contribution < 1.29 is 14.1 Å². The Kier molecular flexibility index (Phi) is 4.91. The largest absolute Gasteiger partial charge is 0.492 e. The van der Waals surface area contributed by atoms with Crippen LogP contribution in [0.15, 0.2) is 42.0 Å². The zero-order chi connectivity index (χ0) is 18.9. The number of hydrogen-bond donors (Lipinski definition) is 1. The predicted octanol–water partition coefficient (Wildman–Crippen LogP) is 3.39. The number of rotatable bonds is 4. The number of carbonyl (C=O) groups is 1. The lowest BCUT2D eigenvalue weighted by atomic mass is 9.77. The molecule has 2 aromatic rings. The van der Waals surface area contributed by atoms with E-state index < -0.39 is 18.3 Å². The number of pyridine rings is 1. The minimum absolute atomic E-state index is 0.0878. The Hall–Kier alpha value is -2.18. The fraction of sp³-hybridized carbons (Fsp3) is 0.400. The molecule has 0 radical (unpaired) electrons. The number of nitrogens with one attached hydrogen (secondary N) is 1. The molecule has 26 heavy (non-hydrogen) atoms. The minimum Gasteiger partial charge on any atom is -0.400 e. The van der Waals surface area contributed by atoms with Gasteiger partial charge in [0.15, 0.2) is 0 Å². The van der Waals surface area contributed by atoms with Gasteiger partial charge in [0.05, 0.1) is 16.7 Å². The highest BCUT2D eigenvalue weighted by Crippen LogP contribution is 2.38. The van der Waals surface area contributed by atoms with Crippen LogP contribution in [0, 0.1) is 0 Å². The predicted molar refractivity (Wildman–Crippen MR) is 104 cm³/mol. The van der Waals surface area contributed by atoms with Gasteiger partial charge in [0, 0.05) is 25.1 Å². The van der Waals surface area contributed by atoms with E-state index in [-0.39, 0.29) is 5.91 Å². The first-order valence-corrected chi connectivity index (χ1v) is 8.83. The molecule has 1 fully saturated rings. The number of nitrogens with zero attached hydrogens (tertiary/aromatic N) is 1. The summed E-state index contributed by atoms with van der Waals surface area (Å²) in [6.45, 7) is 9.95. The van der Waals surface area contributed by atoms with Crippen LogP contribution in [0.4, 0.5) is 0 Å². The highest BCUT2D eigenvalue weighted by Gasteiger charge is 2.52. The van der Waals surface area contributed by atoms with Crippen LogP contribution < -0.4 is 5.32 Å². The van der Waals surface area contributed by atoms with Gasteiger partial charge in [-0.25, -0.2) is 0 Å². The number of fused-ring (bicyclic) bond motifs is 1. The molecule has 0 bridgehead atoms. The van der Waals surface area contributed by atoms with Gasteiger partial charge in [0.2, 0.25) is 5.91 Å². The van der Waals surface area contributed by atoms with Crippen molar-refractivity contribution in [3.05, 3.63) is 47.6 Å². The number of benzene rings is 1. The second kappa shape index (κ2) is 6.85. The van der Waals surface area contributed by atoms with Crippen LogP contribution in [-0.2, 0) is 14.1 Å². The van der Waals surface area contributed by atoms with E-state index in [9.17, 15) is 4.79 Å². The Balaban J connectivity index is 1.94. The van der Waals surface area contributed by atoms with Gasteiger partial charge in [-0.1, -0.05) is 18.2 Å². The maximum absolute atomic E-state index is 11.4. The van der Waals surface area contributed by atoms with Gasteiger partial charge in [-0.05, 0) is 56.9 Å². The van der Waals surface area contributed by atoms with Crippen molar-refractivity contribution in [2.24, 2.45) is 0 Å². The molecule has 3 rings (SSSR count). The van der Waals surface area contributed by atoms with E-state index in [0.29, 0.717) is 6.54 Å². The monoisotopic (exact) mass is 352 g/mol. The molecular weight excluding hydrogens is 327 g/mol. The summed E-state index contributed by atoms with van der Waals surface area (Å²) in [5.74, 6) is -0.0878. The molecule has 1 N–H and O–H groups in total. The molecule has 0 spiro atoms. The molecule has 0 aliphatic carbocycles. The van der Waals surface area contributed by atoms with Crippen molar-refractivity contribution in [3.8, 4) is 0 Å². The van der Waals surface area contributed by atoms with Crippen LogP contribution in [0.1, 0.15) is 40.2 Å². The number of hydrogen-bond acceptors (Lipinski definition) is 4. The van der Waals surface area contributed by atoms with Gasteiger partial charge in [-0.3, -0.25) is 9.78 Å². The lowest BCUT2D eigenvalue weighted by Crippen LogP contribution is -2.41. The molecule has 0 unspecified atom stereocenters. The van der Waals surface area contributed by atoms with Crippen LogP contribution in [0.2, 0.25) is 0 Å². The minimum atomic E-state index is -0.503. The summed E-state index contributed by atoms with van der Waals surface area (Å²) < 4.78 is 12.3. The van der Waals surface area contributed by atoms with Gasteiger partial charge >= 0.3 is 7.12 Å². The average molecular weight is 352 g/mol. The van der Waals surface area contributed by atoms with E-state index in [0.717, 1.165) is 21.9 Å². The summed E-state index contributed by atoms with van der Waals surface area (Å²) >= 11 is 0. The summed E-state index contributed by atoms with van der Waals surface area (Å²) in [5, 5.41) is 3.92. The normalized spacial score (nSPS) is 19.0. The van der Waals surface area contributed by atoms with E-state index in [1.807, 2.05) is 58.0 Å². The van der Waals surface area contributed by atoms with Gasteiger partial charge < -0.3 is 14.6 Å². The van der Waals surface area contributed by atoms with E-state index in [1.54, 1.807) is 6.20 Å². The lowest BCUT2D eigenvalue weighted by molar-refractivity contribution is -0.118. The molecule has 1 aromatic carbocycles. The Morgan fingerprint density at radius 3 is 2.54 bits per heavy atom. The molecule has 0 saturated carbocycles. The first-order valence-electron chi connectivity index (χ1n) is 8.83. The van der Waals surface area contributed by atoms with Crippen LogP contribution in [-0.4, -0.2) is 35.8 Å². The zero-order valence-electron chi connectivity index (χ0n) is 16.0. The SMILES string of the molecule is CC(=O)NCC(=Cc1ccc2ncccc2c1)B1OC(C)(C)C(C)(C)O1. The third-order valence-electron chi connectivity index (χ3n) is 5.08. The molecule has 1 saturated heterocycles. The molecule has 1 aromatic heterocycles. The Morgan fingerprint density at radius 2 is 1.88 bits per heavy atom. The van der Waals surface area contributed by atoms with Crippen LogP contribution in [0.3, 0.4) is 0 Å². The molecule has 2 heterocycles. The Bertz CT molecular complexity index is 845. The molecule has 1 aliphatic rings. The smallest absolute Gasteiger partial charge is 0.400 e. The van der Waals surface area contributed by atoms with Crippen molar-refractivity contribution in [1.82, 2.24) is 10.3 Å². The van der Waals surface area contributed by atoms with Crippen molar-refractivity contribution in [3.63, 3.8) is 0 Å². The van der Waals surface area contributed by atoms with Crippen molar-refractivity contribution in [1.29, 1.82) is 0 Å². The third kappa shape index (κ3) is 3.81. The first-order chi connectivity index (χ1) is 12.2. The fourth-order valence-corrected chi connectivity index (χ4v) is 2.82. The van der Waals surface area contributed by atoms with Gasteiger partial charge in [0.1, 0.15) is 0 Å². The van der Waals surface area contributed by atoms with Crippen LogP contribution in [0.5, 0.6) is 0 Å². The maximum Gasteiger partial charge on any atom is 0.492 e. The third-order valence-corrected chi connectivity index (χ3v) is 5.08. The van der Waals surface area contributed by atoms with Crippen LogP contribution in [0.25, 0.3) is 17.0 Å². The topological polar surface area (TPSA) is 60.5 Å². The second-order valence-electron chi connectivity index (χ2n) is 7.67. The van der Waals surface area contributed by atoms with E-state index >= 15 is 0 Å². The summed E-state index contributed by atoms with van der Waals surface area (Å²) in [5.41, 5.74) is 1.98. The Labute approximate surface area is 154 Å². The van der Waals surface area contributed by atoms with Gasteiger partial charge in [-0.15, -0.1) is 0 Å². The van der Waals surface area contributed by atoms with Crippen molar-refractivity contribution >= 4 is 30.0 Å². The maximum atomic E-state index is 11.4. The van der Waals surface area contributed by atoms with Gasteiger partial charge in [-0.2, -0.15) is 0 Å². The van der Waals surface area contributed by atoms with E-state index in [2.05, 4.69) is 16.4 Å². The highest BCUT2D eigenvalue weighted by molar-refractivity contribution is 6.56.